The fourth-order valence-electron chi connectivity index (χ4n) is 5.74. The summed E-state index contributed by atoms with van der Waals surface area (Å²) in [7, 11) is 0. The predicted octanol–water partition coefficient (Wildman–Crippen LogP) is -2.94. The van der Waals surface area contributed by atoms with Crippen molar-refractivity contribution < 1.29 is 44.6 Å². The molecule has 134 valence electrons. The molecule has 1 spiro atoms. The Morgan fingerprint density at radius 3 is 2.42 bits per heavy atom. The average molecular weight is 344 g/mol. The van der Waals surface area contributed by atoms with Gasteiger partial charge in [-0.1, -0.05) is 6.92 Å². The van der Waals surface area contributed by atoms with E-state index in [0.29, 0.717) is 0 Å². The SMILES string of the molecule is CC1C(O)C(O)C2(O)C13CC(OC(=O)C3O)C1(O)C(=O)OCC12C. The van der Waals surface area contributed by atoms with Crippen molar-refractivity contribution in [3.63, 3.8) is 0 Å². The van der Waals surface area contributed by atoms with E-state index in [4.69, 9.17) is 9.47 Å². The normalized spacial score (nSPS) is 61.9. The summed E-state index contributed by atoms with van der Waals surface area (Å²) in [5.41, 5.74) is -8.19. The van der Waals surface area contributed by atoms with Crippen molar-refractivity contribution in [3.8, 4) is 0 Å². The maximum absolute atomic E-state index is 12.2. The number of ether oxygens (including phenoxy) is 2. The number of carbonyl (C=O) groups is 2. The molecule has 2 heterocycles. The van der Waals surface area contributed by atoms with Crippen LogP contribution in [0.3, 0.4) is 0 Å². The van der Waals surface area contributed by atoms with Gasteiger partial charge in [0.1, 0.15) is 24.4 Å². The van der Waals surface area contributed by atoms with Gasteiger partial charge in [-0.2, -0.15) is 0 Å². The molecule has 0 aromatic heterocycles. The maximum atomic E-state index is 12.2. The molecule has 2 saturated carbocycles. The lowest BCUT2D eigenvalue weighted by molar-refractivity contribution is -0.334. The first-order valence-corrected chi connectivity index (χ1v) is 7.87. The van der Waals surface area contributed by atoms with E-state index >= 15 is 0 Å². The van der Waals surface area contributed by atoms with Crippen molar-refractivity contribution in [2.24, 2.45) is 16.7 Å². The summed E-state index contributed by atoms with van der Waals surface area (Å²) in [6.45, 7) is 2.38. The van der Waals surface area contributed by atoms with E-state index in [1.165, 1.54) is 13.8 Å². The van der Waals surface area contributed by atoms with Gasteiger partial charge in [-0.05, 0) is 19.3 Å². The predicted molar refractivity (Wildman–Crippen MR) is 73.1 cm³/mol. The van der Waals surface area contributed by atoms with E-state index in [9.17, 15) is 35.1 Å². The number of hydrogen-bond acceptors (Lipinski definition) is 9. The quantitative estimate of drug-likeness (QED) is 0.290. The minimum absolute atomic E-state index is 0.285. The largest absolute Gasteiger partial charge is 0.463 e. The maximum Gasteiger partial charge on any atom is 0.342 e. The number of hydrogen-bond donors (Lipinski definition) is 5. The molecule has 9 nitrogen and oxygen atoms in total. The fraction of sp³-hybridized carbons (Fsp3) is 0.867. The number of carbonyl (C=O) groups excluding carboxylic acids is 2. The Morgan fingerprint density at radius 2 is 1.79 bits per heavy atom. The Hall–Kier alpha value is -1.26. The third-order valence-electron chi connectivity index (χ3n) is 7.23. The van der Waals surface area contributed by atoms with Crippen molar-refractivity contribution in [2.75, 3.05) is 6.61 Å². The monoisotopic (exact) mass is 344 g/mol. The van der Waals surface area contributed by atoms with E-state index < -0.39 is 70.9 Å². The van der Waals surface area contributed by atoms with Gasteiger partial charge in [0.25, 0.3) is 0 Å². The van der Waals surface area contributed by atoms with Crippen LogP contribution < -0.4 is 0 Å². The van der Waals surface area contributed by atoms with Gasteiger partial charge >= 0.3 is 11.9 Å². The van der Waals surface area contributed by atoms with Crippen LogP contribution in [0.4, 0.5) is 0 Å². The molecule has 4 fully saturated rings. The second-order valence-electron chi connectivity index (χ2n) is 7.74. The van der Waals surface area contributed by atoms with E-state index in [-0.39, 0.29) is 6.42 Å². The molecule has 2 aliphatic heterocycles. The van der Waals surface area contributed by atoms with E-state index in [0.717, 1.165) is 0 Å². The molecule has 0 amide bonds. The van der Waals surface area contributed by atoms with E-state index in [2.05, 4.69) is 0 Å². The van der Waals surface area contributed by atoms with Gasteiger partial charge in [0, 0.05) is 5.41 Å². The smallest absolute Gasteiger partial charge is 0.342 e. The molecule has 2 aliphatic carbocycles. The van der Waals surface area contributed by atoms with Crippen LogP contribution >= 0.6 is 0 Å². The summed E-state index contributed by atoms with van der Waals surface area (Å²) in [4.78, 5) is 24.4. The number of esters is 2. The lowest BCUT2D eigenvalue weighted by Crippen LogP contribution is -2.82. The molecule has 2 saturated heterocycles. The first-order valence-electron chi connectivity index (χ1n) is 7.87. The first-order chi connectivity index (χ1) is 11.0. The van der Waals surface area contributed by atoms with Crippen LogP contribution in [0.1, 0.15) is 20.3 Å². The Bertz CT molecular complexity index is 651. The molecule has 9 heteroatoms. The van der Waals surface area contributed by atoms with Crippen molar-refractivity contribution in [2.45, 2.75) is 55.9 Å². The highest BCUT2D eigenvalue weighted by atomic mass is 16.6. The molecule has 2 bridgehead atoms. The molecule has 5 N–H and O–H groups in total. The van der Waals surface area contributed by atoms with Crippen molar-refractivity contribution in [1.82, 2.24) is 0 Å². The van der Waals surface area contributed by atoms with Crippen LogP contribution in [0.15, 0.2) is 0 Å². The second-order valence-corrected chi connectivity index (χ2v) is 7.74. The Labute approximate surface area is 136 Å². The summed E-state index contributed by atoms with van der Waals surface area (Å²) < 4.78 is 10.0. The van der Waals surface area contributed by atoms with Crippen molar-refractivity contribution in [3.05, 3.63) is 0 Å². The van der Waals surface area contributed by atoms with Crippen LogP contribution in [0, 0.1) is 16.7 Å². The summed E-state index contributed by atoms with van der Waals surface area (Å²) in [5.74, 6) is -3.07. The highest BCUT2D eigenvalue weighted by Crippen LogP contribution is 2.71. The third kappa shape index (κ3) is 1.18. The van der Waals surface area contributed by atoms with E-state index in [1.807, 2.05) is 0 Å². The molecular weight excluding hydrogens is 324 g/mol. The molecule has 0 radical (unpaired) electrons. The summed E-state index contributed by atoms with van der Waals surface area (Å²) in [5, 5.41) is 54.1. The van der Waals surface area contributed by atoms with Gasteiger partial charge < -0.3 is 35.0 Å². The minimum atomic E-state index is -2.38. The second kappa shape index (κ2) is 4.10. The average Bonchev–Trinajstić information content (AvgIpc) is 2.87. The highest BCUT2D eigenvalue weighted by Gasteiger charge is 2.89. The third-order valence-corrected chi connectivity index (χ3v) is 7.23. The van der Waals surface area contributed by atoms with Crippen molar-refractivity contribution in [1.29, 1.82) is 0 Å². The number of fused-ring (bicyclic) bond motifs is 4. The zero-order valence-corrected chi connectivity index (χ0v) is 13.2. The lowest BCUT2D eigenvalue weighted by Gasteiger charge is -2.64. The standard InChI is InChI=1S/C15H20O9/c1-5-7(16)8(17)15(22)12(2)4-23-11(20)14(12,21)6-3-13(5,15)9(18)10(19)24-6/h5-9,16-18,21-22H,3-4H2,1-2H3. The number of rotatable bonds is 0. The Morgan fingerprint density at radius 1 is 1.17 bits per heavy atom. The lowest BCUT2D eigenvalue weighted by atomic mass is 9.44. The minimum Gasteiger partial charge on any atom is -0.463 e. The number of cyclic esters (lactones) is 1. The van der Waals surface area contributed by atoms with Crippen LogP contribution in [0.5, 0.6) is 0 Å². The fourth-order valence-corrected chi connectivity index (χ4v) is 5.74. The van der Waals surface area contributed by atoms with Crippen LogP contribution in [0.2, 0.25) is 0 Å². The molecule has 9 unspecified atom stereocenters. The molecule has 4 aliphatic rings. The molecule has 0 aromatic carbocycles. The van der Waals surface area contributed by atoms with E-state index in [1.54, 1.807) is 0 Å². The number of aliphatic hydroxyl groups is 5. The van der Waals surface area contributed by atoms with Gasteiger partial charge in [0.15, 0.2) is 6.10 Å². The van der Waals surface area contributed by atoms with Crippen LogP contribution in [-0.2, 0) is 19.1 Å². The Balaban J connectivity index is 2.06. The van der Waals surface area contributed by atoms with Crippen LogP contribution in [-0.4, -0.2) is 79.7 Å². The summed E-state index contributed by atoms with van der Waals surface area (Å²) in [6.07, 6.45) is -6.72. The molecule has 9 atom stereocenters. The highest BCUT2D eigenvalue weighted by molar-refractivity contribution is 5.87. The molecule has 4 rings (SSSR count). The first kappa shape index (κ1) is 16.2. The van der Waals surface area contributed by atoms with Crippen molar-refractivity contribution >= 4 is 11.9 Å². The zero-order valence-electron chi connectivity index (χ0n) is 13.2. The summed E-state index contributed by atoms with van der Waals surface area (Å²) in [6, 6.07) is 0. The zero-order chi connectivity index (χ0) is 17.9. The topological polar surface area (TPSA) is 154 Å². The molecule has 0 aromatic rings. The number of aliphatic hydroxyl groups excluding tert-OH is 3. The molecule has 24 heavy (non-hydrogen) atoms. The van der Waals surface area contributed by atoms with Gasteiger partial charge in [0.05, 0.1) is 11.5 Å². The van der Waals surface area contributed by atoms with Gasteiger partial charge in [-0.3, -0.25) is 0 Å². The van der Waals surface area contributed by atoms with Gasteiger partial charge in [-0.15, -0.1) is 0 Å². The van der Waals surface area contributed by atoms with Gasteiger partial charge in [0.2, 0.25) is 5.60 Å². The van der Waals surface area contributed by atoms with Crippen LogP contribution in [0.25, 0.3) is 0 Å². The summed E-state index contributed by atoms with van der Waals surface area (Å²) >= 11 is 0. The molecular formula is C15H20O9. The van der Waals surface area contributed by atoms with Gasteiger partial charge in [-0.25, -0.2) is 9.59 Å². The Kier molecular flexibility index (Phi) is 2.77.